The summed E-state index contributed by atoms with van der Waals surface area (Å²) in [5, 5.41) is 13.7. The lowest BCUT2D eigenvalue weighted by Gasteiger charge is -1.98. The van der Waals surface area contributed by atoms with E-state index in [2.05, 4.69) is 20.4 Å². The van der Waals surface area contributed by atoms with Gasteiger partial charge in [-0.05, 0) is 48.5 Å². The number of benzene rings is 2. The van der Waals surface area contributed by atoms with Gasteiger partial charge in [-0.15, -0.1) is 5.11 Å². The first-order valence-electron chi connectivity index (χ1n) is 6.37. The summed E-state index contributed by atoms with van der Waals surface area (Å²) >= 11 is 5.79. The fourth-order valence-corrected chi connectivity index (χ4v) is 2.01. The molecule has 1 aromatic heterocycles. The highest BCUT2D eigenvalue weighted by Gasteiger charge is 2.11. The monoisotopic (exact) mass is 316 g/mol. The van der Waals surface area contributed by atoms with Crippen molar-refractivity contribution in [3.8, 4) is 11.3 Å². The van der Waals surface area contributed by atoms with Gasteiger partial charge in [0, 0.05) is 10.6 Å². The topological polar surface area (TPSA) is 73.4 Å². The van der Waals surface area contributed by atoms with Crippen molar-refractivity contribution in [1.82, 2.24) is 10.2 Å². The molecule has 0 radical (unpaired) electrons. The molecule has 0 amide bonds. The van der Waals surface area contributed by atoms with Gasteiger partial charge in [0.25, 0.3) is 5.56 Å². The first kappa shape index (κ1) is 14.2. The van der Waals surface area contributed by atoms with Gasteiger partial charge in [-0.1, -0.05) is 11.6 Å². The second kappa shape index (κ2) is 5.95. The third-order valence-corrected chi connectivity index (χ3v) is 3.23. The standard InChI is InChI=1S/C15H10ClFN4O/c16-10-3-7-12(8-4-10)18-20-14-13(19-21-15(14)22)9-1-5-11(17)6-2-9/h1-8H,(H2,19,21,22). The largest absolute Gasteiger partial charge is 0.295 e. The number of rotatable bonds is 3. The molecule has 0 spiro atoms. The van der Waals surface area contributed by atoms with Crippen LogP contribution in [-0.2, 0) is 0 Å². The molecule has 0 aliphatic carbocycles. The number of nitrogens with zero attached hydrogens (tertiary/aromatic N) is 2. The first-order valence-corrected chi connectivity index (χ1v) is 6.75. The molecule has 110 valence electrons. The molecule has 3 rings (SSSR count). The highest BCUT2D eigenvalue weighted by atomic mass is 35.5. The molecule has 0 saturated heterocycles. The maximum Gasteiger partial charge on any atom is 0.292 e. The van der Waals surface area contributed by atoms with Crippen LogP contribution in [0.3, 0.4) is 0 Å². The quantitative estimate of drug-likeness (QED) is 0.682. The molecule has 2 N–H and O–H groups in total. The van der Waals surface area contributed by atoms with Gasteiger partial charge in [-0.3, -0.25) is 15.0 Å². The van der Waals surface area contributed by atoms with Crippen molar-refractivity contribution in [3.63, 3.8) is 0 Å². The van der Waals surface area contributed by atoms with Crippen molar-refractivity contribution in [2.24, 2.45) is 10.2 Å². The Balaban J connectivity index is 1.97. The van der Waals surface area contributed by atoms with Crippen LogP contribution in [0.5, 0.6) is 0 Å². The van der Waals surface area contributed by atoms with E-state index in [0.717, 1.165) is 0 Å². The van der Waals surface area contributed by atoms with E-state index in [1.165, 1.54) is 12.1 Å². The highest BCUT2D eigenvalue weighted by Crippen LogP contribution is 2.26. The van der Waals surface area contributed by atoms with E-state index in [1.54, 1.807) is 36.4 Å². The number of aromatic nitrogens is 2. The van der Waals surface area contributed by atoms with Crippen LogP contribution < -0.4 is 5.56 Å². The summed E-state index contributed by atoms with van der Waals surface area (Å²) in [5.74, 6) is -0.356. The Kier molecular flexibility index (Phi) is 3.84. The van der Waals surface area contributed by atoms with Gasteiger partial charge < -0.3 is 0 Å². The third kappa shape index (κ3) is 2.96. The highest BCUT2D eigenvalue weighted by molar-refractivity contribution is 6.30. The van der Waals surface area contributed by atoms with E-state index in [0.29, 0.717) is 22.0 Å². The lowest BCUT2D eigenvalue weighted by Crippen LogP contribution is -1.96. The number of hydrogen-bond acceptors (Lipinski definition) is 3. The van der Waals surface area contributed by atoms with Crippen molar-refractivity contribution in [2.75, 3.05) is 0 Å². The number of hydrogen-bond donors (Lipinski definition) is 2. The molecule has 0 saturated carbocycles. The SMILES string of the molecule is O=c1[nH][nH]c(-c2ccc(F)cc2)c1N=Nc1ccc(Cl)cc1. The average molecular weight is 317 g/mol. The van der Waals surface area contributed by atoms with Crippen LogP contribution in [0.25, 0.3) is 11.3 Å². The molecule has 0 aliphatic rings. The molecule has 0 fully saturated rings. The van der Waals surface area contributed by atoms with Crippen LogP contribution in [0.15, 0.2) is 63.6 Å². The summed E-state index contributed by atoms with van der Waals surface area (Å²) in [7, 11) is 0. The van der Waals surface area contributed by atoms with Gasteiger partial charge in [0.2, 0.25) is 0 Å². The molecule has 5 nitrogen and oxygen atoms in total. The van der Waals surface area contributed by atoms with Gasteiger partial charge in [0.15, 0.2) is 5.69 Å². The zero-order valence-electron chi connectivity index (χ0n) is 11.2. The smallest absolute Gasteiger partial charge is 0.292 e. The lowest BCUT2D eigenvalue weighted by atomic mass is 10.1. The molecule has 2 aromatic carbocycles. The van der Waals surface area contributed by atoms with E-state index in [4.69, 9.17) is 11.6 Å². The fourth-order valence-electron chi connectivity index (χ4n) is 1.89. The zero-order chi connectivity index (χ0) is 15.5. The molecule has 0 atom stereocenters. The maximum absolute atomic E-state index is 13.0. The second-order valence-electron chi connectivity index (χ2n) is 4.49. The number of nitrogens with one attached hydrogen (secondary N) is 2. The molecular formula is C15H10ClFN4O. The average Bonchev–Trinajstić information content (AvgIpc) is 2.89. The predicted molar refractivity (Wildman–Crippen MR) is 82.4 cm³/mol. The van der Waals surface area contributed by atoms with Crippen LogP contribution in [0.4, 0.5) is 15.8 Å². The molecule has 0 aliphatic heterocycles. The Morgan fingerprint density at radius 3 is 2.27 bits per heavy atom. The maximum atomic E-state index is 13.0. The number of aromatic amines is 2. The summed E-state index contributed by atoms with van der Waals surface area (Å²) in [6, 6.07) is 12.4. The normalized spacial score (nSPS) is 11.2. The van der Waals surface area contributed by atoms with E-state index in [9.17, 15) is 9.18 Å². The van der Waals surface area contributed by atoms with Gasteiger partial charge in [-0.2, -0.15) is 5.11 Å². The lowest BCUT2D eigenvalue weighted by molar-refractivity contribution is 0.628. The Labute approximate surface area is 129 Å². The van der Waals surface area contributed by atoms with E-state index in [1.807, 2.05) is 0 Å². The molecule has 7 heteroatoms. The van der Waals surface area contributed by atoms with Gasteiger partial charge >= 0.3 is 0 Å². The zero-order valence-corrected chi connectivity index (χ0v) is 11.9. The van der Waals surface area contributed by atoms with Crippen LogP contribution in [0.2, 0.25) is 5.02 Å². The Bertz CT molecular complexity index is 866. The van der Waals surface area contributed by atoms with Crippen LogP contribution >= 0.6 is 11.6 Å². The molecule has 0 bridgehead atoms. The second-order valence-corrected chi connectivity index (χ2v) is 4.92. The minimum atomic E-state index is -0.406. The molecule has 1 heterocycles. The summed E-state index contributed by atoms with van der Waals surface area (Å²) in [5.41, 5.74) is 1.36. The summed E-state index contributed by atoms with van der Waals surface area (Å²) in [6.07, 6.45) is 0. The van der Waals surface area contributed by atoms with Crippen molar-refractivity contribution in [2.45, 2.75) is 0 Å². The third-order valence-electron chi connectivity index (χ3n) is 2.98. The molecule has 0 unspecified atom stereocenters. The van der Waals surface area contributed by atoms with E-state index >= 15 is 0 Å². The van der Waals surface area contributed by atoms with Crippen LogP contribution in [0, 0.1) is 5.82 Å². The van der Waals surface area contributed by atoms with Gasteiger partial charge in [0.05, 0.1) is 11.4 Å². The molecule has 3 aromatic rings. The minimum absolute atomic E-state index is 0.126. The van der Waals surface area contributed by atoms with Crippen LogP contribution in [-0.4, -0.2) is 10.2 Å². The number of halogens is 2. The number of azo groups is 1. The van der Waals surface area contributed by atoms with Gasteiger partial charge in [-0.25, -0.2) is 4.39 Å². The fraction of sp³-hybridized carbons (Fsp3) is 0. The van der Waals surface area contributed by atoms with Crippen LogP contribution in [0.1, 0.15) is 0 Å². The van der Waals surface area contributed by atoms with Gasteiger partial charge in [0.1, 0.15) is 5.82 Å². The summed E-state index contributed by atoms with van der Waals surface area (Å²) in [4.78, 5) is 11.8. The minimum Gasteiger partial charge on any atom is -0.295 e. The summed E-state index contributed by atoms with van der Waals surface area (Å²) < 4.78 is 13.0. The first-order chi connectivity index (χ1) is 10.6. The Morgan fingerprint density at radius 2 is 1.59 bits per heavy atom. The van der Waals surface area contributed by atoms with Crippen molar-refractivity contribution >= 4 is 23.0 Å². The van der Waals surface area contributed by atoms with Crippen molar-refractivity contribution in [1.29, 1.82) is 0 Å². The molecule has 22 heavy (non-hydrogen) atoms. The van der Waals surface area contributed by atoms with E-state index < -0.39 is 5.56 Å². The molecular weight excluding hydrogens is 307 g/mol. The van der Waals surface area contributed by atoms with Crippen molar-refractivity contribution in [3.05, 3.63) is 69.7 Å². The van der Waals surface area contributed by atoms with E-state index in [-0.39, 0.29) is 11.5 Å². The predicted octanol–water partition coefficient (Wildman–Crippen LogP) is 4.58. The van der Waals surface area contributed by atoms with Crippen molar-refractivity contribution < 1.29 is 4.39 Å². The Hall–Kier alpha value is -2.73. The Morgan fingerprint density at radius 1 is 0.909 bits per heavy atom. The summed E-state index contributed by atoms with van der Waals surface area (Å²) in [6.45, 7) is 0. The number of H-pyrrole nitrogens is 2.